The van der Waals surface area contributed by atoms with Crippen LogP contribution in [0.4, 0.5) is 0 Å². The molecular formula is C15H14Cl2O3S. The van der Waals surface area contributed by atoms with Crippen LogP contribution >= 0.6 is 22.3 Å². The third-order valence-corrected chi connectivity index (χ3v) is 4.84. The molecule has 2 aromatic carbocycles. The summed E-state index contributed by atoms with van der Waals surface area (Å²) in [5.74, 6) is 0.601. The van der Waals surface area contributed by atoms with Gasteiger partial charge >= 0.3 is 0 Å². The van der Waals surface area contributed by atoms with Crippen molar-refractivity contribution in [3.63, 3.8) is 0 Å². The van der Waals surface area contributed by atoms with Gasteiger partial charge in [0.1, 0.15) is 12.4 Å². The number of hydrogen-bond acceptors (Lipinski definition) is 3. The van der Waals surface area contributed by atoms with Crippen molar-refractivity contribution >= 4 is 31.3 Å². The number of hydrogen-bond donors (Lipinski definition) is 0. The molecule has 0 unspecified atom stereocenters. The number of aryl methyl sites for hydroxylation is 2. The van der Waals surface area contributed by atoms with Crippen LogP contribution in [-0.2, 0) is 15.7 Å². The van der Waals surface area contributed by atoms with Gasteiger partial charge in [0, 0.05) is 15.7 Å². The molecule has 0 aliphatic rings. The van der Waals surface area contributed by atoms with E-state index in [1.165, 1.54) is 0 Å². The normalized spacial score (nSPS) is 11.4. The van der Waals surface area contributed by atoms with Gasteiger partial charge in [0.05, 0.1) is 4.90 Å². The summed E-state index contributed by atoms with van der Waals surface area (Å²) >= 11 is 5.82. The Balaban J connectivity index is 2.21. The topological polar surface area (TPSA) is 43.4 Å². The van der Waals surface area contributed by atoms with E-state index in [1.807, 2.05) is 12.1 Å². The van der Waals surface area contributed by atoms with E-state index in [4.69, 9.17) is 27.0 Å². The minimum Gasteiger partial charge on any atom is -0.489 e. The Morgan fingerprint density at radius 3 is 2.05 bits per heavy atom. The lowest BCUT2D eigenvalue weighted by Crippen LogP contribution is -2.01. The molecule has 21 heavy (non-hydrogen) atoms. The van der Waals surface area contributed by atoms with Crippen LogP contribution in [0.25, 0.3) is 0 Å². The summed E-state index contributed by atoms with van der Waals surface area (Å²) in [6.07, 6.45) is 0. The van der Waals surface area contributed by atoms with E-state index in [-0.39, 0.29) is 4.90 Å². The van der Waals surface area contributed by atoms with Crippen LogP contribution < -0.4 is 4.74 Å². The molecule has 0 aliphatic carbocycles. The standard InChI is InChI=1S/C15H14Cl2O3S/c1-10-7-14(8-11(2)15(10)21(17,18)19)20-9-12-3-5-13(16)6-4-12/h3-8H,9H2,1-2H3. The first-order valence-electron chi connectivity index (χ1n) is 6.20. The second-order valence-electron chi connectivity index (χ2n) is 4.74. The van der Waals surface area contributed by atoms with Crippen LogP contribution in [-0.4, -0.2) is 8.42 Å². The SMILES string of the molecule is Cc1cc(OCc2ccc(Cl)cc2)cc(C)c1S(=O)(=O)Cl. The lowest BCUT2D eigenvalue weighted by Gasteiger charge is -2.11. The number of halogens is 2. The molecule has 6 heteroatoms. The van der Waals surface area contributed by atoms with E-state index in [2.05, 4.69) is 0 Å². The largest absolute Gasteiger partial charge is 0.489 e. The van der Waals surface area contributed by atoms with Crippen molar-refractivity contribution in [2.75, 3.05) is 0 Å². The van der Waals surface area contributed by atoms with Gasteiger partial charge in [0.2, 0.25) is 0 Å². The van der Waals surface area contributed by atoms with Crippen LogP contribution in [0.2, 0.25) is 5.02 Å². The molecular weight excluding hydrogens is 331 g/mol. The lowest BCUT2D eigenvalue weighted by atomic mass is 10.1. The third kappa shape index (κ3) is 4.13. The van der Waals surface area contributed by atoms with E-state index in [0.717, 1.165) is 5.56 Å². The number of benzene rings is 2. The smallest absolute Gasteiger partial charge is 0.261 e. The average Bonchev–Trinajstić information content (AvgIpc) is 2.35. The van der Waals surface area contributed by atoms with Gasteiger partial charge in [-0.1, -0.05) is 23.7 Å². The highest BCUT2D eigenvalue weighted by Gasteiger charge is 2.17. The van der Waals surface area contributed by atoms with Crippen molar-refractivity contribution in [1.29, 1.82) is 0 Å². The molecule has 3 nitrogen and oxygen atoms in total. The van der Waals surface area contributed by atoms with Crippen LogP contribution in [0.1, 0.15) is 16.7 Å². The first-order valence-corrected chi connectivity index (χ1v) is 8.89. The summed E-state index contributed by atoms with van der Waals surface area (Å²) in [5.41, 5.74) is 2.11. The van der Waals surface area contributed by atoms with Gasteiger partial charge in [-0.25, -0.2) is 8.42 Å². The molecule has 0 spiro atoms. The fourth-order valence-electron chi connectivity index (χ4n) is 2.13. The predicted molar refractivity (Wildman–Crippen MR) is 84.7 cm³/mol. The molecule has 2 aromatic rings. The van der Waals surface area contributed by atoms with Crippen LogP contribution in [0, 0.1) is 13.8 Å². The maximum absolute atomic E-state index is 11.5. The quantitative estimate of drug-likeness (QED) is 0.768. The van der Waals surface area contributed by atoms with Crippen molar-refractivity contribution in [2.24, 2.45) is 0 Å². The monoisotopic (exact) mass is 344 g/mol. The zero-order chi connectivity index (χ0) is 15.6. The van der Waals surface area contributed by atoms with Crippen molar-refractivity contribution < 1.29 is 13.2 Å². The third-order valence-electron chi connectivity index (χ3n) is 3.00. The van der Waals surface area contributed by atoms with Crippen molar-refractivity contribution in [3.05, 3.63) is 58.1 Å². The highest BCUT2D eigenvalue weighted by Crippen LogP contribution is 2.28. The molecule has 0 N–H and O–H groups in total. The number of rotatable bonds is 4. The Morgan fingerprint density at radius 2 is 1.57 bits per heavy atom. The summed E-state index contributed by atoms with van der Waals surface area (Å²) in [5, 5.41) is 0.669. The van der Waals surface area contributed by atoms with Crippen molar-refractivity contribution in [2.45, 2.75) is 25.3 Å². The Bertz CT molecular complexity index is 730. The van der Waals surface area contributed by atoms with Crippen molar-refractivity contribution in [3.8, 4) is 5.75 Å². The minimum atomic E-state index is -3.75. The van der Waals surface area contributed by atoms with Gasteiger partial charge in [0.15, 0.2) is 0 Å². The molecule has 112 valence electrons. The van der Waals surface area contributed by atoms with E-state index < -0.39 is 9.05 Å². The molecule has 0 aliphatic heterocycles. The first kappa shape index (κ1) is 16.1. The number of ether oxygens (including phenoxy) is 1. The van der Waals surface area contributed by atoms with Crippen LogP contribution in [0.15, 0.2) is 41.3 Å². The lowest BCUT2D eigenvalue weighted by molar-refractivity contribution is 0.305. The zero-order valence-corrected chi connectivity index (χ0v) is 13.9. The maximum Gasteiger partial charge on any atom is 0.261 e. The molecule has 0 bridgehead atoms. The molecule has 0 heterocycles. The molecule has 2 rings (SSSR count). The maximum atomic E-state index is 11.5. The molecule has 0 saturated heterocycles. The van der Waals surface area contributed by atoms with E-state index >= 15 is 0 Å². The van der Waals surface area contributed by atoms with Gasteiger partial charge in [-0.05, 0) is 54.8 Å². The second kappa shape index (κ2) is 6.26. The minimum absolute atomic E-state index is 0.142. The van der Waals surface area contributed by atoms with Crippen LogP contribution in [0.3, 0.4) is 0 Å². The van der Waals surface area contributed by atoms with Gasteiger partial charge in [-0.2, -0.15) is 0 Å². The molecule has 0 aromatic heterocycles. The summed E-state index contributed by atoms with van der Waals surface area (Å²) in [6.45, 7) is 3.76. The zero-order valence-electron chi connectivity index (χ0n) is 11.6. The molecule has 0 saturated carbocycles. The van der Waals surface area contributed by atoms with Gasteiger partial charge in [0.25, 0.3) is 9.05 Å². The highest BCUT2D eigenvalue weighted by atomic mass is 35.7. The van der Waals surface area contributed by atoms with Gasteiger partial charge < -0.3 is 4.74 Å². The van der Waals surface area contributed by atoms with Gasteiger partial charge in [-0.3, -0.25) is 0 Å². The predicted octanol–water partition coefficient (Wildman–Crippen LogP) is 4.46. The van der Waals surface area contributed by atoms with E-state index in [0.29, 0.717) is 28.5 Å². The van der Waals surface area contributed by atoms with Gasteiger partial charge in [-0.15, -0.1) is 0 Å². The summed E-state index contributed by atoms with van der Waals surface area (Å²) in [4.78, 5) is 0.142. The molecule has 0 atom stereocenters. The molecule has 0 fully saturated rings. The average molecular weight is 345 g/mol. The highest BCUT2D eigenvalue weighted by molar-refractivity contribution is 8.13. The molecule has 0 amide bonds. The fraction of sp³-hybridized carbons (Fsp3) is 0.200. The van der Waals surface area contributed by atoms with E-state index in [9.17, 15) is 8.42 Å². The Hall–Kier alpha value is -1.23. The Morgan fingerprint density at radius 1 is 1.05 bits per heavy atom. The van der Waals surface area contributed by atoms with Crippen molar-refractivity contribution in [1.82, 2.24) is 0 Å². The second-order valence-corrected chi connectivity index (χ2v) is 7.68. The van der Waals surface area contributed by atoms with Crippen LogP contribution in [0.5, 0.6) is 5.75 Å². The fourth-order valence-corrected chi connectivity index (χ4v) is 3.87. The van der Waals surface area contributed by atoms with E-state index in [1.54, 1.807) is 38.1 Å². The summed E-state index contributed by atoms with van der Waals surface area (Å²) in [6, 6.07) is 10.7. The Kier molecular flexibility index (Phi) is 4.81. The Labute approximate surface area is 133 Å². The summed E-state index contributed by atoms with van der Waals surface area (Å²) in [7, 11) is 1.68. The molecule has 0 radical (unpaired) electrons. The first-order chi connectivity index (χ1) is 9.77. The summed E-state index contributed by atoms with van der Waals surface area (Å²) < 4.78 is 28.7.